The van der Waals surface area contributed by atoms with Crippen molar-refractivity contribution >= 4 is 0 Å². The molecule has 1 aromatic rings. The Morgan fingerprint density at radius 3 is 2.00 bits per heavy atom. The fraction of sp³-hybridized carbons (Fsp3) is 0.700. The second-order valence-corrected chi connectivity index (χ2v) is 6.54. The Labute approximate surface area is 132 Å². The second-order valence-electron chi connectivity index (χ2n) is 6.54. The lowest BCUT2D eigenvalue weighted by Crippen LogP contribution is -2.15. The van der Waals surface area contributed by atoms with Crippen molar-refractivity contribution in [2.24, 2.45) is 0 Å². The minimum atomic E-state index is 0.607. The maximum absolute atomic E-state index is 5.49. The van der Waals surface area contributed by atoms with Gasteiger partial charge in [-0.15, -0.1) is 0 Å². The zero-order chi connectivity index (χ0) is 16.0. The van der Waals surface area contributed by atoms with E-state index in [1.807, 2.05) is 13.8 Å². The van der Waals surface area contributed by atoms with Gasteiger partial charge in [-0.1, -0.05) is 53.7 Å². The molecular formula is C20H34O. The Hall–Kier alpha value is -0.820. The molecule has 1 heteroatoms. The van der Waals surface area contributed by atoms with Gasteiger partial charge in [-0.25, -0.2) is 0 Å². The van der Waals surface area contributed by atoms with Crippen molar-refractivity contribution in [1.82, 2.24) is 0 Å². The van der Waals surface area contributed by atoms with E-state index in [9.17, 15) is 0 Å². The SMILES string of the molecule is CC.Cc1cc(C2CCOCC2)cc(C(C)C)c1C(C)C. The van der Waals surface area contributed by atoms with Crippen LogP contribution >= 0.6 is 0 Å². The standard InChI is InChI=1S/C18H28O.C2H6/c1-12(2)17-11-16(15-6-8-19-9-7-15)10-14(5)18(17)13(3)4;1-2/h10-13,15H,6-9H2,1-5H3;1-2H3. The van der Waals surface area contributed by atoms with Gasteiger partial charge >= 0.3 is 0 Å². The van der Waals surface area contributed by atoms with Crippen LogP contribution in [0.4, 0.5) is 0 Å². The monoisotopic (exact) mass is 290 g/mol. The molecule has 1 saturated heterocycles. The molecule has 0 bridgehead atoms. The quantitative estimate of drug-likeness (QED) is 0.647. The van der Waals surface area contributed by atoms with Crippen LogP contribution in [0.3, 0.4) is 0 Å². The van der Waals surface area contributed by atoms with Gasteiger partial charge in [0.1, 0.15) is 0 Å². The first-order chi connectivity index (χ1) is 10.0. The lowest BCUT2D eigenvalue weighted by Gasteiger charge is -2.26. The van der Waals surface area contributed by atoms with Crippen molar-refractivity contribution < 1.29 is 4.74 Å². The van der Waals surface area contributed by atoms with Crippen molar-refractivity contribution in [2.75, 3.05) is 13.2 Å². The van der Waals surface area contributed by atoms with Crippen LogP contribution in [0.15, 0.2) is 12.1 Å². The minimum Gasteiger partial charge on any atom is -0.381 e. The molecule has 1 nitrogen and oxygen atoms in total. The summed E-state index contributed by atoms with van der Waals surface area (Å²) in [5.74, 6) is 1.92. The van der Waals surface area contributed by atoms with Gasteiger partial charge in [-0.2, -0.15) is 0 Å². The van der Waals surface area contributed by atoms with Crippen LogP contribution in [0, 0.1) is 6.92 Å². The van der Waals surface area contributed by atoms with E-state index in [0.29, 0.717) is 17.8 Å². The summed E-state index contributed by atoms with van der Waals surface area (Å²) in [6.07, 6.45) is 2.36. The number of rotatable bonds is 3. The zero-order valence-corrected chi connectivity index (χ0v) is 15.1. The van der Waals surface area contributed by atoms with Gasteiger partial charge in [0.15, 0.2) is 0 Å². The van der Waals surface area contributed by atoms with E-state index in [2.05, 4.69) is 46.8 Å². The lowest BCUT2D eigenvalue weighted by molar-refractivity contribution is 0.0853. The first-order valence-electron chi connectivity index (χ1n) is 8.72. The van der Waals surface area contributed by atoms with Crippen molar-refractivity contribution in [3.05, 3.63) is 34.4 Å². The molecule has 0 radical (unpaired) electrons. The van der Waals surface area contributed by atoms with Crippen molar-refractivity contribution in [2.45, 2.75) is 79.1 Å². The third kappa shape index (κ3) is 4.57. The third-order valence-electron chi connectivity index (χ3n) is 4.33. The molecule has 0 aromatic heterocycles. The molecule has 2 rings (SSSR count). The molecule has 0 aliphatic carbocycles. The number of hydrogen-bond acceptors (Lipinski definition) is 1. The summed E-state index contributed by atoms with van der Waals surface area (Å²) in [4.78, 5) is 0. The highest BCUT2D eigenvalue weighted by atomic mass is 16.5. The molecule has 1 aromatic carbocycles. The molecule has 0 saturated carbocycles. The second kappa shape index (κ2) is 8.58. The molecule has 0 amide bonds. The first kappa shape index (κ1) is 18.2. The molecule has 0 unspecified atom stereocenters. The lowest BCUT2D eigenvalue weighted by atomic mass is 9.82. The van der Waals surface area contributed by atoms with E-state index < -0.39 is 0 Å². The predicted molar refractivity (Wildman–Crippen MR) is 93.5 cm³/mol. The first-order valence-corrected chi connectivity index (χ1v) is 8.72. The Morgan fingerprint density at radius 2 is 1.52 bits per heavy atom. The maximum Gasteiger partial charge on any atom is 0.0471 e. The smallest absolute Gasteiger partial charge is 0.0471 e. The number of ether oxygens (including phenoxy) is 1. The molecular weight excluding hydrogens is 256 g/mol. The van der Waals surface area contributed by atoms with Gasteiger partial charge in [0.2, 0.25) is 0 Å². The number of benzene rings is 1. The summed E-state index contributed by atoms with van der Waals surface area (Å²) in [7, 11) is 0. The Morgan fingerprint density at radius 1 is 0.952 bits per heavy atom. The van der Waals surface area contributed by atoms with E-state index >= 15 is 0 Å². The summed E-state index contributed by atoms with van der Waals surface area (Å²) in [5.41, 5.74) is 6.12. The Kier molecular flexibility index (Phi) is 7.45. The summed E-state index contributed by atoms with van der Waals surface area (Å²) in [6, 6.07) is 4.90. The van der Waals surface area contributed by atoms with Gasteiger partial charge in [-0.3, -0.25) is 0 Å². The van der Waals surface area contributed by atoms with Crippen LogP contribution in [-0.2, 0) is 4.74 Å². The molecule has 120 valence electrons. The van der Waals surface area contributed by atoms with Gasteiger partial charge in [0.25, 0.3) is 0 Å². The number of hydrogen-bond donors (Lipinski definition) is 0. The minimum absolute atomic E-state index is 0.607. The predicted octanol–water partition coefficient (Wildman–Crippen LogP) is 6.16. The van der Waals surface area contributed by atoms with Crippen molar-refractivity contribution in [3.8, 4) is 0 Å². The van der Waals surface area contributed by atoms with Crippen molar-refractivity contribution in [1.29, 1.82) is 0 Å². The highest BCUT2D eigenvalue weighted by Gasteiger charge is 2.20. The van der Waals surface area contributed by atoms with E-state index in [1.54, 1.807) is 11.1 Å². The van der Waals surface area contributed by atoms with Crippen LogP contribution in [0.1, 0.15) is 94.4 Å². The van der Waals surface area contributed by atoms with Gasteiger partial charge in [-0.05, 0) is 59.8 Å². The summed E-state index contributed by atoms with van der Waals surface area (Å²) >= 11 is 0. The van der Waals surface area contributed by atoms with Gasteiger partial charge < -0.3 is 4.74 Å². The van der Waals surface area contributed by atoms with Crippen LogP contribution in [0.5, 0.6) is 0 Å². The molecule has 1 fully saturated rings. The molecule has 1 aliphatic heterocycles. The Bertz CT molecular complexity index is 426. The fourth-order valence-corrected chi connectivity index (χ4v) is 3.39. The van der Waals surface area contributed by atoms with Crippen LogP contribution in [-0.4, -0.2) is 13.2 Å². The maximum atomic E-state index is 5.49. The average Bonchev–Trinajstić information content (AvgIpc) is 2.48. The zero-order valence-electron chi connectivity index (χ0n) is 15.1. The summed E-state index contributed by atoms with van der Waals surface area (Å²) < 4.78 is 5.49. The van der Waals surface area contributed by atoms with Crippen LogP contribution in [0.2, 0.25) is 0 Å². The average molecular weight is 290 g/mol. The van der Waals surface area contributed by atoms with E-state index in [-0.39, 0.29) is 0 Å². The largest absolute Gasteiger partial charge is 0.381 e. The van der Waals surface area contributed by atoms with Gasteiger partial charge in [0, 0.05) is 13.2 Å². The van der Waals surface area contributed by atoms with Crippen molar-refractivity contribution in [3.63, 3.8) is 0 Å². The molecule has 0 atom stereocenters. The van der Waals surface area contributed by atoms with Gasteiger partial charge in [0.05, 0.1) is 0 Å². The van der Waals surface area contributed by atoms with E-state index in [0.717, 1.165) is 13.2 Å². The topological polar surface area (TPSA) is 9.23 Å². The fourth-order valence-electron chi connectivity index (χ4n) is 3.39. The van der Waals surface area contributed by atoms with E-state index in [1.165, 1.54) is 24.0 Å². The molecule has 1 heterocycles. The summed E-state index contributed by atoms with van der Waals surface area (Å²) in [5, 5.41) is 0. The number of aryl methyl sites for hydroxylation is 1. The highest BCUT2D eigenvalue weighted by molar-refractivity contribution is 5.43. The molecule has 21 heavy (non-hydrogen) atoms. The molecule has 1 aliphatic rings. The van der Waals surface area contributed by atoms with Crippen LogP contribution in [0.25, 0.3) is 0 Å². The normalized spacial score (nSPS) is 16.0. The van der Waals surface area contributed by atoms with E-state index in [4.69, 9.17) is 4.74 Å². The third-order valence-corrected chi connectivity index (χ3v) is 4.33. The molecule has 0 spiro atoms. The Balaban J connectivity index is 0.00000106. The highest BCUT2D eigenvalue weighted by Crippen LogP contribution is 2.35. The molecule has 0 N–H and O–H groups in total. The van der Waals surface area contributed by atoms with Crippen LogP contribution < -0.4 is 0 Å². The summed E-state index contributed by atoms with van der Waals surface area (Å²) in [6.45, 7) is 17.4.